The Hall–Kier alpha value is -1.88. The number of hydrogen-bond acceptors (Lipinski definition) is 2. The van der Waals surface area contributed by atoms with Crippen molar-refractivity contribution in [3.63, 3.8) is 0 Å². The number of benzene rings is 1. The van der Waals surface area contributed by atoms with E-state index in [2.05, 4.69) is 4.98 Å². The molecule has 0 saturated heterocycles. The molecule has 2 atom stereocenters. The van der Waals surface area contributed by atoms with E-state index in [-0.39, 0.29) is 0 Å². The number of aromatic nitrogens is 1. The Morgan fingerprint density at radius 1 is 1.19 bits per heavy atom. The summed E-state index contributed by atoms with van der Waals surface area (Å²) in [6, 6.07) is 4.87. The monoisotopic (exact) mass is 293 g/mol. The molecule has 1 aliphatic rings. The molecule has 0 amide bonds. The third-order valence-corrected chi connectivity index (χ3v) is 3.96. The summed E-state index contributed by atoms with van der Waals surface area (Å²) in [6.07, 6.45) is 2.45. The third kappa shape index (κ3) is 2.53. The zero-order valence-corrected chi connectivity index (χ0v) is 11.2. The van der Waals surface area contributed by atoms with Gasteiger partial charge in [-0.3, -0.25) is 4.98 Å². The molecular weight excluding hydrogens is 279 g/mol. The van der Waals surface area contributed by atoms with E-state index in [0.717, 1.165) is 18.4 Å². The molecule has 0 aliphatic heterocycles. The van der Waals surface area contributed by atoms with Crippen LogP contribution in [-0.4, -0.2) is 10.1 Å². The van der Waals surface area contributed by atoms with E-state index in [1.165, 1.54) is 0 Å². The Bertz CT molecular complexity index is 651. The Balaban J connectivity index is 2.03. The van der Waals surface area contributed by atoms with Crippen LogP contribution in [0.1, 0.15) is 41.7 Å². The lowest BCUT2D eigenvalue weighted by Gasteiger charge is -2.28. The topological polar surface area (TPSA) is 33.1 Å². The first kappa shape index (κ1) is 14.1. The molecule has 0 saturated carbocycles. The summed E-state index contributed by atoms with van der Waals surface area (Å²) in [4.78, 5) is 4.25. The van der Waals surface area contributed by atoms with Crippen LogP contribution in [0.2, 0.25) is 0 Å². The highest BCUT2D eigenvalue weighted by molar-refractivity contribution is 5.31. The maximum Gasteiger partial charge on any atom is 0.134 e. The minimum absolute atomic E-state index is 0.482. The van der Waals surface area contributed by atoms with Crippen molar-refractivity contribution in [2.24, 2.45) is 0 Å². The maximum atomic E-state index is 13.8. The average Bonchev–Trinajstić information content (AvgIpc) is 2.45. The molecule has 0 fully saturated rings. The number of aliphatic hydroxyl groups is 1. The zero-order valence-electron chi connectivity index (χ0n) is 11.2. The number of aryl methyl sites for hydroxylation is 1. The lowest BCUT2D eigenvalue weighted by molar-refractivity contribution is 0.125. The smallest absolute Gasteiger partial charge is 0.134 e. The Morgan fingerprint density at radius 2 is 1.90 bits per heavy atom. The highest BCUT2D eigenvalue weighted by Crippen LogP contribution is 2.40. The predicted molar refractivity (Wildman–Crippen MR) is 71.2 cm³/mol. The fraction of sp³-hybridized carbons (Fsp3) is 0.312. The van der Waals surface area contributed by atoms with Gasteiger partial charge in [0, 0.05) is 29.9 Å². The molecule has 21 heavy (non-hydrogen) atoms. The van der Waals surface area contributed by atoms with Gasteiger partial charge in [0.2, 0.25) is 0 Å². The van der Waals surface area contributed by atoms with E-state index < -0.39 is 35.0 Å². The van der Waals surface area contributed by atoms with E-state index in [1.54, 1.807) is 12.3 Å². The molecule has 110 valence electrons. The second-order valence-corrected chi connectivity index (χ2v) is 5.27. The van der Waals surface area contributed by atoms with Crippen molar-refractivity contribution >= 4 is 0 Å². The fourth-order valence-electron chi connectivity index (χ4n) is 2.99. The van der Waals surface area contributed by atoms with Gasteiger partial charge in [-0.25, -0.2) is 13.2 Å². The first-order chi connectivity index (χ1) is 10.1. The molecular formula is C16H14F3NO. The van der Waals surface area contributed by atoms with Crippen LogP contribution in [0.25, 0.3) is 0 Å². The fourth-order valence-corrected chi connectivity index (χ4v) is 2.99. The molecule has 1 aliphatic carbocycles. The van der Waals surface area contributed by atoms with Gasteiger partial charge in [0.25, 0.3) is 0 Å². The van der Waals surface area contributed by atoms with Crippen LogP contribution in [0, 0.1) is 17.5 Å². The minimum Gasteiger partial charge on any atom is -0.387 e. The van der Waals surface area contributed by atoms with Crippen molar-refractivity contribution in [2.45, 2.75) is 31.3 Å². The molecule has 5 heteroatoms. The summed E-state index contributed by atoms with van der Waals surface area (Å²) in [5.74, 6) is -3.61. The van der Waals surface area contributed by atoms with Gasteiger partial charge in [-0.15, -0.1) is 0 Å². The summed E-state index contributed by atoms with van der Waals surface area (Å²) in [7, 11) is 0. The summed E-state index contributed by atoms with van der Waals surface area (Å²) >= 11 is 0. The van der Waals surface area contributed by atoms with Crippen LogP contribution in [0.15, 0.2) is 30.5 Å². The third-order valence-electron chi connectivity index (χ3n) is 3.96. The maximum absolute atomic E-state index is 13.8. The quantitative estimate of drug-likeness (QED) is 0.916. The molecule has 1 aromatic carbocycles. The van der Waals surface area contributed by atoms with E-state index in [0.29, 0.717) is 24.2 Å². The summed E-state index contributed by atoms with van der Waals surface area (Å²) in [5.41, 5.74) is 1.16. The lowest BCUT2D eigenvalue weighted by Crippen LogP contribution is -2.20. The van der Waals surface area contributed by atoms with Crippen LogP contribution < -0.4 is 0 Å². The molecule has 2 nitrogen and oxygen atoms in total. The molecule has 1 N–H and O–H groups in total. The van der Waals surface area contributed by atoms with Gasteiger partial charge in [-0.05, 0) is 30.9 Å². The van der Waals surface area contributed by atoms with Crippen LogP contribution in [0.5, 0.6) is 0 Å². The van der Waals surface area contributed by atoms with Crippen LogP contribution in [0.3, 0.4) is 0 Å². The Labute approximate surface area is 120 Å². The average molecular weight is 293 g/mol. The predicted octanol–water partition coefficient (Wildman–Crippen LogP) is 3.65. The SMILES string of the molecule is OC(c1c(F)cc(F)cc1F)C1CCCc2cccnc21. The van der Waals surface area contributed by atoms with Crippen molar-refractivity contribution < 1.29 is 18.3 Å². The van der Waals surface area contributed by atoms with E-state index >= 15 is 0 Å². The van der Waals surface area contributed by atoms with Gasteiger partial charge in [-0.2, -0.15) is 0 Å². The summed E-state index contributed by atoms with van der Waals surface area (Å²) in [5, 5.41) is 10.4. The molecule has 0 bridgehead atoms. The van der Waals surface area contributed by atoms with Crippen molar-refractivity contribution in [3.8, 4) is 0 Å². The van der Waals surface area contributed by atoms with Gasteiger partial charge in [0.1, 0.15) is 17.5 Å². The first-order valence-corrected chi connectivity index (χ1v) is 6.84. The number of aliphatic hydroxyl groups excluding tert-OH is 1. The van der Waals surface area contributed by atoms with E-state index in [1.807, 2.05) is 6.07 Å². The van der Waals surface area contributed by atoms with Crippen LogP contribution in [0.4, 0.5) is 13.2 Å². The number of halogens is 3. The Kier molecular flexibility index (Phi) is 3.68. The van der Waals surface area contributed by atoms with Crippen molar-refractivity contribution in [2.75, 3.05) is 0 Å². The van der Waals surface area contributed by atoms with Gasteiger partial charge < -0.3 is 5.11 Å². The normalized spacial score (nSPS) is 19.1. The zero-order chi connectivity index (χ0) is 15.0. The Morgan fingerprint density at radius 3 is 2.62 bits per heavy atom. The van der Waals surface area contributed by atoms with E-state index in [9.17, 15) is 18.3 Å². The molecule has 0 radical (unpaired) electrons. The second-order valence-electron chi connectivity index (χ2n) is 5.27. The molecule has 0 spiro atoms. The van der Waals surface area contributed by atoms with Gasteiger partial charge in [0.15, 0.2) is 0 Å². The first-order valence-electron chi connectivity index (χ1n) is 6.84. The largest absolute Gasteiger partial charge is 0.387 e. The molecule has 1 aromatic heterocycles. The highest BCUT2D eigenvalue weighted by atomic mass is 19.1. The minimum atomic E-state index is -1.38. The van der Waals surface area contributed by atoms with Gasteiger partial charge >= 0.3 is 0 Å². The van der Waals surface area contributed by atoms with Crippen LogP contribution in [-0.2, 0) is 6.42 Å². The number of fused-ring (bicyclic) bond motifs is 1. The van der Waals surface area contributed by atoms with Crippen molar-refractivity contribution in [3.05, 3.63) is 64.7 Å². The molecule has 2 unspecified atom stereocenters. The highest BCUT2D eigenvalue weighted by Gasteiger charge is 2.32. The molecule has 2 aromatic rings. The number of hydrogen-bond donors (Lipinski definition) is 1. The summed E-state index contributed by atoms with van der Waals surface area (Å²) < 4.78 is 40.6. The van der Waals surface area contributed by atoms with Crippen molar-refractivity contribution in [1.29, 1.82) is 0 Å². The molecule has 1 heterocycles. The molecule has 3 rings (SSSR count). The summed E-state index contributed by atoms with van der Waals surface area (Å²) in [6.45, 7) is 0. The number of nitrogens with zero attached hydrogens (tertiary/aromatic N) is 1. The van der Waals surface area contributed by atoms with Crippen molar-refractivity contribution in [1.82, 2.24) is 4.98 Å². The van der Waals surface area contributed by atoms with Gasteiger partial charge in [0.05, 0.1) is 11.7 Å². The number of pyridine rings is 1. The van der Waals surface area contributed by atoms with E-state index in [4.69, 9.17) is 0 Å². The van der Waals surface area contributed by atoms with Gasteiger partial charge in [-0.1, -0.05) is 6.07 Å². The second kappa shape index (κ2) is 5.48. The lowest BCUT2D eigenvalue weighted by atomic mass is 9.81. The van der Waals surface area contributed by atoms with Crippen LogP contribution >= 0.6 is 0 Å². The number of rotatable bonds is 2. The standard InChI is InChI=1S/C16H14F3NO/c17-10-7-12(18)14(13(19)8-10)16(21)11-5-1-3-9-4-2-6-20-15(9)11/h2,4,6-8,11,16,21H,1,3,5H2.